The molecule has 0 fully saturated rings. The SMILES string of the molecule is CCC(COC)Nc1cc(C)cc2ncnn12. The first-order chi connectivity index (χ1) is 8.24. The second-order valence-corrected chi connectivity index (χ2v) is 4.15. The molecule has 0 saturated heterocycles. The van der Waals surface area contributed by atoms with Gasteiger partial charge in [0.1, 0.15) is 12.1 Å². The first kappa shape index (κ1) is 11.9. The molecule has 2 heterocycles. The molecular formula is C12H18N4O. The summed E-state index contributed by atoms with van der Waals surface area (Å²) in [6.45, 7) is 4.86. The van der Waals surface area contributed by atoms with Gasteiger partial charge in [0.15, 0.2) is 5.65 Å². The van der Waals surface area contributed by atoms with Crippen LogP contribution >= 0.6 is 0 Å². The summed E-state index contributed by atoms with van der Waals surface area (Å²) >= 11 is 0. The third kappa shape index (κ3) is 2.55. The molecule has 5 nitrogen and oxygen atoms in total. The van der Waals surface area contributed by atoms with Crippen molar-refractivity contribution in [1.29, 1.82) is 0 Å². The lowest BCUT2D eigenvalue weighted by molar-refractivity contribution is 0.184. The molecule has 0 aliphatic carbocycles. The van der Waals surface area contributed by atoms with Crippen molar-refractivity contribution in [2.24, 2.45) is 0 Å². The summed E-state index contributed by atoms with van der Waals surface area (Å²) in [7, 11) is 1.71. The second kappa shape index (κ2) is 5.14. The molecule has 1 atom stereocenters. The summed E-state index contributed by atoms with van der Waals surface area (Å²) in [5.41, 5.74) is 2.03. The number of aromatic nitrogens is 3. The van der Waals surface area contributed by atoms with Crippen LogP contribution in [-0.4, -0.2) is 34.4 Å². The molecule has 0 aromatic carbocycles. The minimum absolute atomic E-state index is 0.286. The Morgan fingerprint density at radius 2 is 2.29 bits per heavy atom. The van der Waals surface area contributed by atoms with Crippen LogP contribution in [0.1, 0.15) is 18.9 Å². The van der Waals surface area contributed by atoms with Crippen molar-refractivity contribution in [2.45, 2.75) is 26.3 Å². The Morgan fingerprint density at radius 3 is 3.00 bits per heavy atom. The molecule has 1 unspecified atom stereocenters. The number of nitrogens with one attached hydrogen (secondary N) is 1. The molecular weight excluding hydrogens is 216 g/mol. The molecule has 2 aromatic heterocycles. The Morgan fingerprint density at radius 1 is 1.47 bits per heavy atom. The van der Waals surface area contributed by atoms with Crippen molar-refractivity contribution in [3.63, 3.8) is 0 Å². The lowest BCUT2D eigenvalue weighted by atomic mass is 10.2. The second-order valence-electron chi connectivity index (χ2n) is 4.15. The number of hydrogen-bond acceptors (Lipinski definition) is 4. The molecule has 2 rings (SSSR count). The predicted molar refractivity (Wildman–Crippen MR) is 67.3 cm³/mol. The van der Waals surface area contributed by atoms with E-state index in [1.807, 2.05) is 10.6 Å². The highest BCUT2D eigenvalue weighted by atomic mass is 16.5. The lowest BCUT2D eigenvalue weighted by Crippen LogP contribution is -2.25. The summed E-state index contributed by atoms with van der Waals surface area (Å²) < 4.78 is 6.99. The molecule has 0 aliphatic heterocycles. The summed E-state index contributed by atoms with van der Waals surface area (Å²) in [6.07, 6.45) is 2.56. The van der Waals surface area contributed by atoms with Gasteiger partial charge in [-0.2, -0.15) is 9.61 Å². The summed E-state index contributed by atoms with van der Waals surface area (Å²) in [4.78, 5) is 4.20. The van der Waals surface area contributed by atoms with E-state index in [1.54, 1.807) is 13.4 Å². The van der Waals surface area contributed by atoms with Crippen molar-refractivity contribution >= 4 is 11.5 Å². The van der Waals surface area contributed by atoms with Crippen molar-refractivity contribution in [2.75, 3.05) is 19.0 Å². The molecule has 0 radical (unpaired) electrons. The molecule has 2 aromatic rings. The van der Waals surface area contributed by atoms with Crippen LogP contribution in [0, 0.1) is 6.92 Å². The van der Waals surface area contributed by atoms with E-state index in [2.05, 4.69) is 35.3 Å². The van der Waals surface area contributed by atoms with Crippen LogP contribution in [0.2, 0.25) is 0 Å². The van der Waals surface area contributed by atoms with Gasteiger partial charge in [-0.15, -0.1) is 0 Å². The van der Waals surface area contributed by atoms with Crippen LogP contribution in [0.15, 0.2) is 18.5 Å². The van der Waals surface area contributed by atoms with Gasteiger partial charge in [-0.1, -0.05) is 6.92 Å². The van der Waals surface area contributed by atoms with E-state index < -0.39 is 0 Å². The fourth-order valence-electron chi connectivity index (χ4n) is 1.83. The van der Waals surface area contributed by atoms with Gasteiger partial charge >= 0.3 is 0 Å². The van der Waals surface area contributed by atoms with E-state index >= 15 is 0 Å². The number of aryl methyl sites for hydroxylation is 1. The van der Waals surface area contributed by atoms with Gasteiger partial charge in [-0.25, -0.2) is 4.98 Å². The van der Waals surface area contributed by atoms with Crippen LogP contribution in [0.5, 0.6) is 0 Å². The Hall–Kier alpha value is -1.62. The number of anilines is 1. The predicted octanol–water partition coefficient (Wildman–Crippen LogP) is 1.87. The highest BCUT2D eigenvalue weighted by Gasteiger charge is 2.09. The molecule has 0 spiro atoms. The highest BCUT2D eigenvalue weighted by molar-refractivity contribution is 5.51. The molecule has 0 saturated carbocycles. The van der Waals surface area contributed by atoms with E-state index in [-0.39, 0.29) is 6.04 Å². The maximum atomic E-state index is 5.18. The van der Waals surface area contributed by atoms with E-state index in [4.69, 9.17) is 4.74 Å². The smallest absolute Gasteiger partial charge is 0.157 e. The maximum absolute atomic E-state index is 5.18. The van der Waals surface area contributed by atoms with E-state index in [0.717, 1.165) is 17.9 Å². The van der Waals surface area contributed by atoms with Crippen LogP contribution in [0.3, 0.4) is 0 Å². The number of rotatable bonds is 5. The van der Waals surface area contributed by atoms with E-state index in [0.29, 0.717) is 6.61 Å². The molecule has 5 heteroatoms. The summed E-state index contributed by atoms with van der Waals surface area (Å²) in [5.74, 6) is 0.960. The number of pyridine rings is 1. The zero-order valence-corrected chi connectivity index (χ0v) is 10.5. The van der Waals surface area contributed by atoms with Gasteiger partial charge in [0.2, 0.25) is 0 Å². The van der Waals surface area contributed by atoms with Crippen molar-refractivity contribution in [1.82, 2.24) is 14.6 Å². The number of nitrogens with zero attached hydrogens (tertiary/aromatic N) is 3. The van der Waals surface area contributed by atoms with Crippen molar-refractivity contribution in [3.05, 3.63) is 24.0 Å². The molecule has 1 N–H and O–H groups in total. The molecule has 0 amide bonds. The van der Waals surface area contributed by atoms with Crippen LogP contribution < -0.4 is 5.32 Å². The minimum atomic E-state index is 0.286. The Labute approximate surface area is 101 Å². The van der Waals surface area contributed by atoms with E-state index in [9.17, 15) is 0 Å². The van der Waals surface area contributed by atoms with Gasteiger partial charge in [0, 0.05) is 7.11 Å². The molecule has 0 aliphatic rings. The Bertz CT molecular complexity index is 494. The van der Waals surface area contributed by atoms with Gasteiger partial charge in [-0.3, -0.25) is 0 Å². The van der Waals surface area contributed by atoms with Crippen molar-refractivity contribution in [3.8, 4) is 0 Å². The quantitative estimate of drug-likeness (QED) is 0.858. The van der Waals surface area contributed by atoms with Crippen LogP contribution in [0.4, 0.5) is 5.82 Å². The third-order valence-electron chi connectivity index (χ3n) is 2.74. The van der Waals surface area contributed by atoms with E-state index in [1.165, 1.54) is 5.56 Å². The zero-order valence-electron chi connectivity index (χ0n) is 10.5. The zero-order chi connectivity index (χ0) is 12.3. The van der Waals surface area contributed by atoms with Crippen LogP contribution in [-0.2, 0) is 4.74 Å². The first-order valence-electron chi connectivity index (χ1n) is 5.80. The Balaban J connectivity index is 2.30. The monoisotopic (exact) mass is 234 g/mol. The Kier molecular flexibility index (Phi) is 3.58. The fraction of sp³-hybridized carbons (Fsp3) is 0.500. The lowest BCUT2D eigenvalue weighted by Gasteiger charge is -2.18. The number of hydrogen-bond donors (Lipinski definition) is 1. The number of methoxy groups -OCH3 is 1. The van der Waals surface area contributed by atoms with Gasteiger partial charge in [-0.05, 0) is 31.0 Å². The number of fused-ring (bicyclic) bond motifs is 1. The summed E-state index contributed by atoms with van der Waals surface area (Å²) in [5, 5.41) is 7.64. The average Bonchev–Trinajstić information content (AvgIpc) is 2.76. The molecule has 17 heavy (non-hydrogen) atoms. The summed E-state index contributed by atoms with van der Waals surface area (Å²) in [6, 6.07) is 4.37. The normalized spacial score (nSPS) is 12.9. The topological polar surface area (TPSA) is 51.5 Å². The van der Waals surface area contributed by atoms with Gasteiger partial charge in [0.05, 0.1) is 12.6 Å². The first-order valence-corrected chi connectivity index (χ1v) is 5.80. The molecule has 92 valence electrons. The largest absolute Gasteiger partial charge is 0.383 e. The fourth-order valence-corrected chi connectivity index (χ4v) is 1.83. The van der Waals surface area contributed by atoms with Crippen molar-refractivity contribution < 1.29 is 4.74 Å². The van der Waals surface area contributed by atoms with Crippen LogP contribution in [0.25, 0.3) is 5.65 Å². The maximum Gasteiger partial charge on any atom is 0.157 e. The third-order valence-corrected chi connectivity index (χ3v) is 2.74. The standard InChI is InChI=1S/C12H18N4O/c1-4-10(7-17-3)15-12-6-9(2)5-11-13-8-14-16(11)12/h5-6,8,10,15H,4,7H2,1-3H3. The average molecular weight is 234 g/mol. The minimum Gasteiger partial charge on any atom is -0.383 e. The molecule has 0 bridgehead atoms. The number of ether oxygens (including phenoxy) is 1. The van der Waals surface area contributed by atoms with Gasteiger partial charge in [0.25, 0.3) is 0 Å². The van der Waals surface area contributed by atoms with Gasteiger partial charge < -0.3 is 10.1 Å². The highest BCUT2D eigenvalue weighted by Crippen LogP contribution is 2.14.